The molecule has 22 heavy (non-hydrogen) atoms. The number of aryl methyl sites for hydroxylation is 1. The first kappa shape index (κ1) is 14.9. The molecule has 6 nitrogen and oxygen atoms in total. The quantitative estimate of drug-likeness (QED) is 0.843. The lowest BCUT2D eigenvalue weighted by Gasteiger charge is -2.27. The van der Waals surface area contributed by atoms with Gasteiger partial charge < -0.3 is 9.47 Å². The van der Waals surface area contributed by atoms with Crippen molar-refractivity contribution in [3.05, 3.63) is 44.0 Å². The van der Waals surface area contributed by atoms with Crippen molar-refractivity contribution in [2.45, 2.75) is 32.7 Å². The smallest absolute Gasteiger partial charge is 0.273 e. The van der Waals surface area contributed by atoms with Crippen molar-refractivity contribution in [3.8, 4) is 0 Å². The zero-order chi connectivity index (χ0) is 15.9. The normalized spacial score (nSPS) is 14.3. The van der Waals surface area contributed by atoms with E-state index >= 15 is 0 Å². The second-order valence-electron chi connectivity index (χ2n) is 5.79. The van der Waals surface area contributed by atoms with Crippen LogP contribution >= 0.6 is 11.3 Å². The number of hydrogen-bond donors (Lipinski definition) is 0. The predicted molar refractivity (Wildman–Crippen MR) is 84.1 cm³/mol. The molecule has 0 bridgehead atoms. The summed E-state index contributed by atoms with van der Waals surface area (Å²) in [5, 5.41) is 2.78. The monoisotopic (exact) mass is 318 g/mol. The van der Waals surface area contributed by atoms with E-state index < -0.39 is 0 Å². The van der Waals surface area contributed by atoms with Crippen molar-refractivity contribution in [1.29, 1.82) is 0 Å². The highest BCUT2D eigenvalue weighted by Crippen LogP contribution is 2.21. The third kappa shape index (κ3) is 2.56. The molecule has 2 aromatic heterocycles. The summed E-state index contributed by atoms with van der Waals surface area (Å²) in [7, 11) is 1.69. The molecule has 0 radical (unpaired) electrons. The van der Waals surface area contributed by atoms with Crippen LogP contribution < -0.4 is 5.56 Å². The van der Waals surface area contributed by atoms with Gasteiger partial charge >= 0.3 is 0 Å². The Balaban J connectivity index is 1.83. The molecule has 0 spiro atoms. The van der Waals surface area contributed by atoms with Crippen LogP contribution in [-0.2, 0) is 20.0 Å². The Kier molecular flexibility index (Phi) is 3.82. The fourth-order valence-electron chi connectivity index (χ4n) is 2.50. The van der Waals surface area contributed by atoms with Crippen LogP contribution in [0.4, 0.5) is 0 Å². The Morgan fingerprint density at radius 1 is 1.41 bits per heavy atom. The summed E-state index contributed by atoms with van der Waals surface area (Å²) >= 11 is 1.51. The van der Waals surface area contributed by atoms with Gasteiger partial charge in [0, 0.05) is 30.5 Å². The SMILES string of the molecule is CC(C)c1nc(C(=O)N2CCc3c(ncn(C)c3=O)C2)cs1. The standard InChI is InChI=1S/C15H18N4O2S/c1-9(2)13-17-12(7-22-13)15(21)19-5-4-10-11(6-19)16-8-18(3)14(10)20/h7-9H,4-6H2,1-3H3. The third-order valence-corrected chi connectivity index (χ3v) is 4.95. The van der Waals surface area contributed by atoms with Gasteiger partial charge in [-0.25, -0.2) is 9.97 Å². The summed E-state index contributed by atoms with van der Waals surface area (Å²) in [5.41, 5.74) is 1.88. The molecule has 3 rings (SSSR count). The average molecular weight is 318 g/mol. The molecule has 3 heterocycles. The number of amides is 1. The molecule has 0 atom stereocenters. The number of carbonyl (C=O) groups is 1. The second kappa shape index (κ2) is 5.64. The van der Waals surface area contributed by atoms with Gasteiger partial charge in [0.2, 0.25) is 0 Å². The number of aromatic nitrogens is 3. The summed E-state index contributed by atoms with van der Waals surface area (Å²) in [5.74, 6) is 0.231. The Morgan fingerprint density at radius 3 is 2.86 bits per heavy atom. The molecular formula is C15H18N4O2S. The number of fused-ring (bicyclic) bond motifs is 1. The van der Waals surface area contributed by atoms with Gasteiger partial charge in [-0.2, -0.15) is 0 Å². The highest BCUT2D eigenvalue weighted by molar-refractivity contribution is 7.09. The molecule has 1 aliphatic heterocycles. The molecular weight excluding hydrogens is 300 g/mol. The van der Waals surface area contributed by atoms with Gasteiger partial charge in [0.15, 0.2) is 0 Å². The van der Waals surface area contributed by atoms with Crippen molar-refractivity contribution < 1.29 is 4.79 Å². The zero-order valence-corrected chi connectivity index (χ0v) is 13.7. The number of carbonyl (C=O) groups excluding carboxylic acids is 1. The third-order valence-electron chi connectivity index (χ3n) is 3.81. The zero-order valence-electron chi connectivity index (χ0n) is 12.9. The van der Waals surface area contributed by atoms with Crippen molar-refractivity contribution in [3.63, 3.8) is 0 Å². The molecule has 1 amide bonds. The van der Waals surface area contributed by atoms with Gasteiger partial charge in [-0.15, -0.1) is 11.3 Å². The fourth-order valence-corrected chi connectivity index (χ4v) is 3.31. The van der Waals surface area contributed by atoms with Crippen LogP contribution in [0.1, 0.15) is 46.5 Å². The minimum atomic E-state index is -0.0868. The lowest BCUT2D eigenvalue weighted by Crippen LogP contribution is -2.40. The first-order valence-electron chi connectivity index (χ1n) is 7.25. The fraction of sp³-hybridized carbons (Fsp3) is 0.467. The highest BCUT2D eigenvalue weighted by Gasteiger charge is 2.26. The van der Waals surface area contributed by atoms with Gasteiger partial charge in [-0.1, -0.05) is 13.8 Å². The topological polar surface area (TPSA) is 68.1 Å². The van der Waals surface area contributed by atoms with Crippen LogP contribution in [0.25, 0.3) is 0 Å². The first-order valence-corrected chi connectivity index (χ1v) is 8.13. The van der Waals surface area contributed by atoms with Gasteiger partial charge in [0.1, 0.15) is 5.69 Å². The van der Waals surface area contributed by atoms with Crippen LogP contribution in [0.2, 0.25) is 0 Å². The van der Waals surface area contributed by atoms with E-state index in [4.69, 9.17) is 0 Å². The van der Waals surface area contributed by atoms with Gasteiger partial charge in [0.25, 0.3) is 11.5 Å². The van der Waals surface area contributed by atoms with Crippen molar-refractivity contribution >= 4 is 17.2 Å². The molecule has 0 N–H and O–H groups in total. The Morgan fingerprint density at radius 2 is 2.18 bits per heavy atom. The molecule has 0 saturated carbocycles. The maximum atomic E-state index is 12.6. The van der Waals surface area contributed by atoms with Crippen molar-refractivity contribution in [2.24, 2.45) is 7.05 Å². The Labute approximate surface area is 132 Å². The van der Waals surface area contributed by atoms with E-state index in [1.54, 1.807) is 11.9 Å². The molecule has 0 aliphatic carbocycles. The maximum Gasteiger partial charge on any atom is 0.273 e. The lowest BCUT2D eigenvalue weighted by atomic mass is 10.1. The van der Waals surface area contributed by atoms with Crippen LogP contribution in [-0.4, -0.2) is 31.9 Å². The van der Waals surface area contributed by atoms with E-state index in [1.165, 1.54) is 22.2 Å². The lowest BCUT2D eigenvalue weighted by molar-refractivity contribution is 0.0725. The minimum Gasteiger partial charge on any atom is -0.331 e. The average Bonchev–Trinajstić information content (AvgIpc) is 3.00. The van der Waals surface area contributed by atoms with Gasteiger partial charge in [-0.3, -0.25) is 9.59 Å². The molecule has 0 fully saturated rings. The van der Waals surface area contributed by atoms with E-state index in [0.29, 0.717) is 36.8 Å². The van der Waals surface area contributed by atoms with E-state index in [-0.39, 0.29) is 11.5 Å². The number of nitrogens with zero attached hydrogens (tertiary/aromatic N) is 4. The second-order valence-corrected chi connectivity index (χ2v) is 6.68. The number of rotatable bonds is 2. The molecule has 1 aliphatic rings. The van der Waals surface area contributed by atoms with Crippen LogP contribution in [0, 0.1) is 0 Å². The minimum absolute atomic E-state index is 0.0205. The first-order chi connectivity index (χ1) is 10.5. The van der Waals surface area contributed by atoms with Crippen molar-refractivity contribution in [2.75, 3.05) is 6.54 Å². The molecule has 0 aromatic carbocycles. The maximum absolute atomic E-state index is 12.6. The summed E-state index contributed by atoms with van der Waals surface area (Å²) in [4.78, 5) is 35.0. The predicted octanol–water partition coefficient (Wildman–Crippen LogP) is 1.56. The van der Waals surface area contributed by atoms with Crippen LogP contribution in [0.5, 0.6) is 0 Å². The Hall–Kier alpha value is -2.02. The van der Waals surface area contributed by atoms with Crippen LogP contribution in [0.15, 0.2) is 16.5 Å². The highest BCUT2D eigenvalue weighted by atomic mass is 32.1. The summed E-state index contributed by atoms with van der Waals surface area (Å²) in [6.45, 7) is 5.02. The molecule has 0 unspecified atom stereocenters. The van der Waals surface area contributed by atoms with Crippen molar-refractivity contribution in [1.82, 2.24) is 19.4 Å². The van der Waals surface area contributed by atoms with Gasteiger partial charge in [0.05, 0.1) is 23.6 Å². The van der Waals surface area contributed by atoms with Gasteiger partial charge in [-0.05, 0) is 6.42 Å². The molecule has 7 heteroatoms. The number of hydrogen-bond acceptors (Lipinski definition) is 5. The summed E-state index contributed by atoms with van der Waals surface area (Å²) in [6.07, 6.45) is 2.05. The van der Waals surface area contributed by atoms with Crippen LogP contribution in [0.3, 0.4) is 0 Å². The summed E-state index contributed by atoms with van der Waals surface area (Å²) in [6, 6.07) is 0. The molecule has 116 valence electrons. The number of thiazole rings is 1. The summed E-state index contributed by atoms with van der Waals surface area (Å²) < 4.78 is 1.48. The largest absolute Gasteiger partial charge is 0.331 e. The Bertz CT molecular complexity index is 778. The van der Waals surface area contributed by atoms with E-state index in [0.717, 1.165) is 10.6 Å². The van der Waals surface area contributed by atoms with E-state index in [1.807, 2.05) is 5.38 Å². The van der Waals surface area contributed by atoms with E-state index in [2.05, 4.69) is 23.8 Å². The van der Waals surface area contributed by atoms with E-state index in [9.17, 15) is 9.59 Å². The molecule has 2 aromatic rings. The molecule has 0 saturated heterocycles.